The van der Waals surface area contributed by atoms with Gasteiger partial charge in [0, 0.05) is 10.3 Å². The van der Waals surface area contributed by atoms with E-state index in [0.717, 1.165) is 37.7 Å². The van der Waals surface area contributed by atoms with Crippen LogP contribution in [0.2, 0.25) is 0 Å². The Morgan fingerprint density at radius 2 is 1.78 bits per heavy atom. The first-order chi connectivity index (χ1) is 13.0. The molecule has 1 fully saturated rings. The first kappa shape index (κ1) is 18.2. The SMILES string of the molecule is C[C@H]1CCc2c(C(=O)NNC(=O)[C@@H]3[C@@H](C(=O)O)[C@H]4C=C[C@H]3CC4)csc2C1. The minimum Gasteiger partial charge on any atom is -0.481 e. The summed E-state index contributed by atoms with van der Waals surface area (Å²) in [6.45, 7) is 2.22. The number of carboxylic acid groups (broad SMARTS) is 1. The van der Waals surface area contributed by atoms with Crippen molar-refractivity contribution in [3.63, 3.8) is 0 Å². The Labute approximate surface area is 162 Å². The molecular weight excluding hydrogens is 364 g/mol. The molecule has 2 bridgehead atoms. The molecule has 5 atom stereocenters. The normalized spacial score (nSPS) is 31.2. The monoisotopic (exact) mass is 388 g/mol. The van der Waals surface area contributed by atoms with Crippen LogP contribution >= 0.6 is 11.3 Å². The van der Waals surface area contributed by atoms with Gasteiger partial charge in [-0.15, -0.1) is 11.3 Å². The van der Waals surface area contributed by atoms with Gasteiger partial charge in [0.25, 0.3) is 5.91 Å². The second-order valence-electron chi connectivity index (χ2n) is 8.02. The first-order valence-corrected chi connectivity index (χ1v) is 10.4. The zero-order chi connectivity index (χ0) is 19.1. The first-order valence-electron chi connectivity index (χ1n) is 9.56. The highest BCUT2D eigenvalue weighted by Gasteiger charge is 2.48. The summed E-state index contributed by atoms with van der Waals surface area (Å²) in [5.41, 5.74) is 6.73. The Bertz CT molecular complexity index is 815. The van der Waals surface area contributed by atoms with Crippen molar-refractivity contribution in [3.8, 4) is 0 Å². The van der Waals surface area contributed by atoms with Gasteiger partial charge in [0.1, 0.15) is 0 Å². The van der Waals surface area contributed by atoms with Crippen LogP contribution in [0.5, 0.6) is 0 Å². The van der Waals surface area contributed by atoms with Crippen LogP contribution in [0.3, 0.4) is 0 Å². The Morgan fingerprint density at radius 3 is 2.44 bits per heavy atom. The van der Waals surface area contributed by atoms with Crippen LogP contribution in [-0.4, -0.2) is 22.9 Å². The summed E-state index contributed by atoms with van der Waals surface area (Å²) in [5.74, 6) is -2.58. The number of nitrogens with one attached hydrogen (secondary N) is 2. The Balaban J connectivity index is 1.43. The third-order valence-corrected chi connectivity index (χ3v) is 7.33. The van der Waals surface area contributed by atoms with E-state index in [1.165, 1.54) is 4.88 Å². The molecule has 1 saturated carbocycles. The van der Waals surface area contributed by atoms with Crippen LogP contribution < -0.4 is 10.9 Å². The summed E-state index contributed by atoms with van der Waals surface area (Å²) in [6, 6.07) is 0. The highest BCUT2D eigenvalue weighted by Crippen LogP contribution is 2.45. The third kappa shape index (κ3) is 3.29. The summed E-state index contributed by atoms with van der Waals surface area (Å²) in [5, 5.41) is 11.4. The summed E-state index contributed by atoms with van der Waals surface area (Å²) >= 11 is 1.60. The lowest BCUT2D eigenvalue weighted by molar-refractivity contribution is -0.153. The quantitative estimate of drug-likeness (QED) is 0.548. The standard InChI is InChI=1S/C20H24N2O4S/c1-10-2-7-13-14(9-27-15(13)8-10)18(23)21-22-19(24)16-11-3-5-12(6-4-11)17(16)20(25)26/h3,5,9-12,16-17H,2,4,6-8H2,1H3,(H,21,23)(H,22,24)(H,25,26)/t10-,11-,12-,16-,17-/m0/s1. The van der Waals surface area contributed by atoms with Crippen molar-refractivity contribution >= 4 is 29.1 Å². The van der Waals surface area contributed by atoms with Crippen LogP contribution in [0.4, 0.5) is 0 Å². The van der Waals surface area contributed by atoms with Gasteiger partial charge in [-0.3, -0.25) is 25.2 Å². The predicted molar refractivity (Wildman–Crippen MR) is 101 cm³/mol. The summed E-state index contributed by atoms with van der Waals surface area (Å²) in [4.78, 5) is 38.2. The van der Waals surface area contributed by atoms with Gasteiger partial charge in [-0.05, 0) is 55.4 Å². The summed E-state index contributed by atoms with van der Waals surface area (Å²) in [6.07, 6.45) is 8.44. The molecule has 5 rings (SSSR count). The average Bonchev–Trinajstić information content (AvgIpc) is 3.08. The van der Waals surface area contributed by atoms with Gasteiger partial charge in [-0.1, -0.05) is 19.1 Å². The van der Waals surface area contributed by atoms with Crippen molar-refractivity contribution < 1.29 is 19.5 Å². The van der Waals surface area contributed by atoms with Gasteiger partial charge < -0.3 is 5.11 Å². The molecule has 2 amide bonds. The summed E-state index contributed by atoms with van der Waals surface area (Å²) < 4.78 is 0. The van der Waals surface area contributed by atoms with E-state index < -0.39 is 23.7 Å². The van der Waals surface area contributed by atoms with Crippen molar-refractivity contribution in [1.82, 2.24) is 10.9 Å². The number of hydrazine groups is 1. The second kappa shape index (κ2) is 7.11. The number of carbonyl (C=O) groups excluding carboxylic acids is 2. The lowest BCUT2D eigenvalue weighted by Gasteiger charge is -2.41. The predicted octanol–water partition coefficient (Wildman–Crippen LogP) is 2.55. The molecule has 1 heterocycles. The van der Waals surface area contributed by atoms with Crippen LogP contribution in [0.25, 0.3) is 0 Å². The fraction of sp³-hybridized carbons (Fsp3) is 0.550. The van der Waals surface area contributed by atoms with Gasteiger partial charge in [0.2, 0.25) is 5.91 Å². The smallest absolute Gasteiger partial charge is 0.307 e. The molecule has 1 aromatic rings. The van der Waals surface area contributed by atoms with Crippen molar-refractivity contribution in [1.29, 1.82) is 0 Å². The largest absolute Gasteiger partial charge is 0.481 e. The fourth-order valence-electron chi connectivity index (χ4n) is 4.83. The van der Waals surface area contributed by atoms with Gasteiger partial charge in [0.05, 0.1) is 17.4 Å². The molecule has 6 nitrogen and oxygen atoms in total. The van der Waals surface area contributed by atoms with E-state index in [2.05, 4.69) is 17.8 Å². The summed E-state index contributed by atoms with van der Waals surface area (Å²) in [7, 11) is 0. The number of hydrogen-bond donors (Lipinski definition) is 3. The molecular formula is C20H24N2O4S. The second-order valence-corrected chi connectivity index (χ2v) is 8.99. The molecule has 0 saturated heterocycles. The van der Waals surface area contributed by atoms with E-state index >= 15 is 0 Å². The molecule has 7 heteroatoms. The minimum atomic E-state index is -0.943. The molecule has 0 aromatic carbocycles. The molecule has 1 aromatic heterocycles. The van der Waals surface area contributed by atoms with Gasteiger partial charge in [0.15, 0.2) is 0 Å². The average molecular weight is 388 g/mol. The van der Waals surface area contributed by atoms with E-state index in [9.17, 15) is 19.5 Å². The van der Waals surface area contributed by atoms with E-state index in [1.807, 2.05) is 17.5 Å². The highest BCUT2D eigenvalue weighted by atomic mass is 32.1. The molecule has 4 aliphatic rings. The number of rotatable bonds is 3. The zero-order valence-corrected chi connectivity index (χ0v) is 16.1. The number of amides is 2. The maximum atomic E-state index is 12.7. The molecule has 3 N–H and O–H groups in total. The minimum absolute atomic E-state index is 0.0802. The lowest BCUT2D eigenvalue weighted by atomic mass is 9.62. The van der Waals surface area contributed by atoms with E-state index in [0.29, 0.717) is 11.5 Å². The molecule has 0 aliphatic heterocycles. The fourth-order valence-corrected chi connectivity index (χ4v) is 6.07. The molecule has 0 unspecified atom stereocenters. The zero-order valence-electron chi connectivity index (χ0n) is 15.2. The molecule has 0 radical (unpaired) electrons. The Hall–Kier alpha value is -2.15. The van der Waals surface area contributed by atoms with Crippen LogP contribution in [0, 0.1) is 29.6 Å². The van der Waals surface area contributed by atoms with Crippen LogP contribution in [0.1, 0.15) is 47.0 Å². The van der Waals surface area contributed by atoms with Gasteiger partial charge in [-0.25, -0.2) is 0 Å². The van der Waals surface area contributed by atoms with Crippen molar-refractivity contribution in [2.75, 3.05) is 0 Å². The Kier molecular flexibility index (Phi) is 4.80. The van der Waals surface area contributed by atoms with Gasteiger partial charge in [-0.2, -0.15) is 0 Å². The number of fused-ring (bicyclic) bond motifs is 3. The van der Waals surface area contributed by atoms with E-state index in [-0.39, 0.29) is 17.7 Å². The maximum absolute atomic E-state index is 12.7. The lowest BCUT2D eigenvalue weighted by Crippen LogP contribution is -2.53. The number of hydrogen-bond acceptors (Lipinski definition) is 4. The van der Waals surface area contributed by atoms with E-state index in [1.54, 1.807) is 11.3 Å². The maximum Gasteiger partial charge on any atom is 0.307 e. The third-order valence-electron chi connectivity index (χ3n) is 6.28. The number of aliphatic carboxylic acids is 1. The van der Waals surface area contributed by atoms with Crippen molar-refractivity contribution in [2.24, 2.45) is 29.6 Å². The number of carbonyl (C=O) groups is 3. The topological polar surface area (TPSA) is 95.5 Å². The molecule has 144 valence electrons. The van der Waals surface area contributed by atoms with Gasteiger partial charge >= 0.3 is 5.97 Å². The number of thiophene rings is 1. The van der Waals surface area contributed by atoms with Crippen LogP contribution in [0.15, 0.2) is 17.5 Å². The van der Waals surface area contributed by atoms with E-state index in [4.69, 9.17) is 0 Å². The van der Waals surface area contributed by atoms with Crippen molar-refractivity contribution in [2.45, 2.75) is 39.0 Å². The molecule has 4 aliphatic carbocycles. The van der Waals surface area contributed by atoms with Crippen molar-refractivity contribution in [3.05, 3.63) is 33.5 Å². The number of carboxylic acids is 1. The molecule has 0 spiro atoms. The van der Waals surface area contributed by atoms with Crippen LogP contribution in [-0.2, 0) is 22.4 Å². The number of allylic oxidation sites excluding steroid dienone is 2. The Morgan fingerprint density at radius 1 is 1.07 bits per heavy atom. The highest BCUT2D eigenvalue weighted by molar-refractivity contribution is 7.10. The molecule has 27 heavy (non-hydrogen) atoms.